The van der Waals surface area contributed by atoms with Gasteiger partial charge in [0.05, 0.1) is 19.6 Å². The topological polar surface area (TPSA) is 67.9 Å². The van der Waals surface area contributed by atoms with Crippen molar-refractivity contribution in [2.45, 2.75) is 19.4 Å². The summed E-state index contributed by atoms with van der Waals surface area (Å²) in [5.41, 5.74) is 1.77. The van der Waals surface area contributed by atoms with Gasteiger partial charge in [-0.2, -0.15) is 0 Å². The van der Waals surface area contributed by atoms with E-state index in [2.05, 4.69) is 10.2 Å². The van der Waals surface area contributed by atoms with Gasteiger partial charge < -0.3 is 19.7 Å². The van der Waals surface area contributed by atoms with Gasteiger partial charge in [-0.3, -0.25) is 9.59 Å². The quantitative estimate of drug-likeness (QED) is 0.788. The van der Waals surface area contributed by atoms with Crippen molar-refractivity contribution in [2.24, 2.45) is 0 Å². The molecule has 1 atom stereocenters. The Morgan fingerprint density at radius 2 is 1.96 bits per heavy atom. The van der Waals surface area contributed by atoms with Crippen LogP contribution in [0.4, 0.5) is 11.4 Å². The molecule has 7 heteroatoms. The van der Waals surface area contributed by atoms with Crippen LogP contribution in [0.1, 0.15) is 11.8 Å². The first-order chi connectivity index (χ1) is 12.6. The summed E-state index contributed by atoms with van der Waals surface area (Å²) in [5, 5.41) is 4.68. The Morgan fingerprint density at radius 1 is 1.23 bits per heavy atom. The summed E-state index contributed by atoms with van der Waals surface area (Å²) in [6, 6.07) is 11.4. The van der Waals surface area contributed by atoms with E-state index in [4.69, 9.17) is 9.47 Å². The summed E-state index contributed by atoms with van der Waals surface area (Å²) in [7, 11) is 0. The number of amides is 1. The SMILES string of the molecule is C[C@H](OC(=O)Cc1cccs1)C(=O)Nc1ccc(N2CCOCC2)cc1. The first-order valence-electron chi connectivity index (χ1n) is 8.57. The Bertz CT molecular complexity index is 725. The van der Waals surface area contributed by atoms with Gasteiger partial charge in [0.15, 0.2) is 6.10 Å². The lowest BCUT2D eigenvalue weighted by molar-refractivity contribution is -0.152. The van der Waals surface area contributed by atoms with Crippen molar-refractivity contribution in [3.8, 4) is 0 Å². The van der Waals surface area contributed by atoms with Crippen molar-refractivity contribution in [1.82, 2.24) is 0 Å². The van der Waals surface area contributed by atoms with Crippen LogP contribution in [0, 0.1) is 0 Å². The van der Waals surface area contributed by atoms with Crippen molar-refractivity contribution in [1.29, 1.82) is 0 Å². The third-order valence-electron chi connectivity index (χ3n) is 4.09. The number of carbonyl (C=O) groups is 2. The molecule has 26 heavy (non-hydrogen) atoms. The number of benzene rings is 1. The summed E-state index contributed by atoms with van der Waals surface area (Å²) < 4.78 is 10.6. The maximum absolute atomic E-state index is 12.2. The van der Waals surface area contributed by atoms with Gasteiger partial charge in [-0.25, -0.2) is 0 Å². The van der Waals surface area contributed by atoms with E-state index in [0.717, 1.165) is 36.9 Å². The highest BCUT2D eigenvalue weighted by atomic mass is 32.1. The molecule has 0 saturated carbocycles. The highest BCUT2D eigenvalue weighted by Crippen LogP contribution is 2.19. The van der Waals surface area contributed by atoms with Crippen LogP contribution in [0.25, 0.3) is 0 Å². The maximum Gasteiger partial charge on any atom is 0.311 e. The van der Waals surface area contributed by atoms with Crippen LogP contribution in [0.5, 0.6) is 0 Å². The molecule has 1 aliphatic rings. The summed E-state index contributed by atoms with van der Waals surface area (Å²) in [6.45, 7) is 4.76. The molecule has 1 fully saturated rings. The summed E-state index contributed by atoms with van der Waals surface area (Å²) in [6.07, 6.45) is -0.662. The van der Waals surface area contributed by atoms with E-state index in [0.29, 0.717) is 5.69 Å². The van der Waals surface area contributed by atoms with E-state index in [9.17, 15) is 9.59 Å². The lowest BCUT2D eigenvalue weighted by Crippen LogP contribution is -2.36. The molecule has 1 aliphatic heterocycles. The minimum Gasteiger partial charge on any atom is -0.452 e. The second-order valence-corrected chi connectivity index (χ2v) is 7.06. The fraction of sp³-hybridized carbons (Fsp3) is 0.368. The number of thiophene rings is 1. The van der Waals surface area contributed by atoms with Crippen molar-refractivity contribution in [3.05, 3.63) is 46.7 Å². The Labute approximate surface area is 156 Å². The minimum absolute atomic E-state index is 0.184. The highest BCUT2D eigenvalue weighted by molar-refractivity contribution is 7.10. The van der Waals surface area contributed by atoms with E-state index >= 15 is 0 Å². The molecule has 1 saturated heterocycles. The van der Waals surface area contributed by atoms with Gasteiger partial charge in [0.2, 0.25) is 0 Å². The second kappa shape index (κ2) is 8.82. The summed E-state index contributed by atoms with van der Waals surface area (Å²) in [5.74, 6) is -0.749. The number of nitrogens with one attached hydrogen (secondary N) is 1. The monoisotopic (exact) mass is 374 g/mol. The zero-order valence-corrected chi connectivity index (χ0v) is 15.5. The van der Waals surface area contributed by atoms with Crippen molar-refractivity contribution in [3.63, 3.8) is 0 Å². The lowest BCUT2D eigenvalue weighted by Gasteiger charge is -2.28. The van der Waals surface area contributed by atoms with Crippen molar-refractivity contribution < 1.29 is 19.1 Å². The minimum atomic E-state index is -0.846. The number of carbonyl (C=O) groups excluding carboxylic acids is 2. The number of nitrogens with zero attached hydrogens (tertiary/aromatic N) is 1. The van der Waals surface area contributed by atoms with Gasteiger partial charge in [0, 0.05) is 29.3 Å². The molecule has 2 aromatic rings. The van der Waals surface area contributed by atoms with Crippen LogP contribution in [-0.2, 0) is 25.5 Å². The third-order valence-corrected chi connectivity index (χ3v) is 4.96. The predicted molar refractivity (Wildman–Crippen MR) is 102 cm³/mol. The van der Waals surface area contributed by atoms with Gasteiger partial charge >= 0.3 is 5.97 Å². The molecule has 3 rings (SSSR count). The molecule has 1 N–H and O–H groups in total. The predicted octanol–water partition coefficient (Wildman–Crippen LogP) is 2.70. The normalized spacial score (nSPS) is 15.3. The molecule has 0 unspecified atom stereocenters. The van der Waals surface area contributed by atoms with Crippen LogP contribution in [0.15, 0.2) is 41.8 Å². The standard InChI is InChI=1S/C19H22N2O4S/c1-14(25-18(22)13-17-3-2-12-26-17)19(23)20-15-4-6-16(7-5-15)21-8-10-24-11-9-21/h2-7,12,14H,8-11,13H2,1H3,(H,20,23)/t14-/m0/s1. The van der Waals surface area contributed by atoms with Crippen molar-refractivity contribution >= 4 is 34.6 Å². The van der Waals surface area contributed by atoms with E-state index in [1.165, 1.54) is 11.3 Å². The third kappa shape index (κ3) is 5.06. The van der Waals surface area contributed by atoms with Gasteiger partial charge in [0.1, 0.15) is 0 Å². The Hall–Kier alpha value is -2.38. The lowest BCUT2D eigenvalue weighted by atomic mass is 10.2. The molecule has 138 valence electrons. The van der Waals surface area contributed by atoms with E-state index in [1.54, 1.807) is 6.92 Å². The van der Waals surface area contributed by atoms with E-state index in [-0.39, 0.29) is 12.3 Å². The average Bonchev–Trinajstić information content (AvgIpc) is 3.16. The number of esters is 1. The molecule has 0 bridgehead atoms. The van der Waals surface area contributed by atoms with Crippen LogP contribution < -0.4 is 10.2 Å². The molecular formula is C19H22N2O4S. The molecule has 6 nitrogen and oxygen atoms in total. The number of hydrogen-bond acceptors (Lipinski definition) is 6. The molecule has 0 radical (unpaired) electrons. The van der Waals surface area contributed by atoms with E-state index in [1.807, 2.05) is 41.8 Å². The Balaban J connectivity index is 1.49. The van der Waals surface area contributed by atoms with Gasteiger partial charge in [-0.15, -0.1) is 11.3 Å². The maximum atomic E-state index is 12.2. The molecule has 0 spiro atoms. The fourth-order valence-corrected chi connectivity index (χ4v) is 3.36. The number of ether oxygens (including phenoxy) is 2. The first kappa shape index (κ1) is 18.4. The fourth-order valence-electron chi connectivity index (χ4n) is 2.67. The zero-order chi connectivity index (χ0) is 18.4. The Morgan fingerprint density at radius 3 is 2.62 bits per heavy atom. The molecule has 0 aliphatic carbocycles. The zero-order valence-electron chi connectivity index (χ0n) is 14.6. The molecule has 1 aromatic carbocycles. The average molecular weight is 374 g/mol. The second-order valence-electron chi connectivity index (χ2n) is 6.02. The van der Waals surface area contributed by atoms with Crippen LogP contribution in [0.3, 0.4) is 0 Å². The van der Waals surface area contributed by atoms with Crippen LogP contribution in [-0.4, -0.2) is 44.3 Å². The first-order valence-corrected chi connectivity index (χ1v) is 9.45. The molecule has 1 aromatic heterocycles. The van der Waals surface area contributed by atoms with Crippen molar-refractivity contribution in [2.75, 3.05) is 36.5 Å². The van der Waals surface area contributed by atoms with Crippen LogP contribution in [0.2, 0.25) is 0 Å². The van der Waals surface area contributed by atoms with Crippen LogP contribution >= 0.6 is 11.3 Å². The summed E-state index contributed by atoms with van der Waals surface area (Å²) in [4.78, 5) is 27.3. The Kier molecular flexibility index (Phi) is 6.25. The van der Waals surface area contributed by atoms with Gasteiger partial charge in [-0.05, 0) is 42.6 Å². The van der Waals surface area contributed by atoms with E-state index < -0.39 is 12.1 Å². The highest BCUT2D eigenvalue weighted by Gasteiger charge is 2.18. The molecular weight excluding hydrogens is 352 g/mol. The smallest absolute Gasteiger partial charge is 0.311 e. The largest absolute Gasteiger partial charge is 0.452 e. The van der Waals surface area contributed by atoms with Gasteiger partial charge in [-0.1, -0.05) is 6.07 Å². The number of hydrogen-bond donors (Lipinski definition) is 1. The van der Waals surface area contributed by atoms with Gasteiger partial charge in [0.25, 0.3) is 5.91 Å². The molecule has 1 amide bonds. The number of anilines is 2. The number of rotatable bonds is 6. The summed E-state index contributed by atoms with van der Waals surface area (Å²) >= 11 is 1.49. The molecule has 2 heterocycles. The number of morpholine rings is 1.